The largest absolute Gasteiger partial charge is 0.311 e. The van der Waals surface area contributed by atoms with Crippen molar-refractivity contribution in [2.45, 2.75) is 19.8 Å². The minimum absolute atomic E-state index is 0.159. The molecule has 0 bridgehead atoms. The van der Waals surface area contributed by atoms with Crippen LogP contribution in [0.2, 0.25) is 0 Å². The number of nitrogens with one attached hydrogen (secondary N) is 1. The molecule has 0 saturated carbocycles. The van der Waals surface area contributed by atoms with E-state index in [1.165, 1.54) is 17.9 Å². The van der Waals surface area contributed by atoms with Crippen LogP contribution in [0.5, 0.6) is 0 Å². The molecule has 0 spiro atoms. The molecular weight excluding hydrogens is 186 g/mol. The molecule has 68 valence electrons. The monoisotopic (exact) mass is 195 g/mol. The third-order valence-electron chi connectivity index (χ3n) is 1.82. The Morgan fingerprint density at radius 2 is 2.23 bits per heavy atom. The molecule has 2 aromatic rings. The highest BCUT2D eigenvalue weighted by Crippen LogP contribution is 2.24. The minimum Gasteiger partial charge on any atom is -0.311 e. The molecule has 0 aliphatic carbocycles. The second-order valence-corrected chi connectivity index (χ2v) is 3.94. The van der Waals surface area contributed by atoms with Crippen LogP contribution in [-0.2, 0) is 0 Å². The molecule has 0 aliphatic heterocycles. The molecule has 0 radical (unpaired) electrons. The lowest BCUT2D eigenvalue weighted by Crippen LogP contribution is -2.05. The number of rotatable bonds is 1. The summed E-state index contributed by atoms with van der Waals surface area (Å²) in [4.78, 5) is 19.0. The Hall–Kier alpha value is -1.23. The van der Waals surface area contributed by atoms with Crippen molar-refractivity contribution in [2.24, 2.45) is 0 Å². The molecule has 0 saturated heterocycles. The number of nitrogens with zero attached hydrogens (tertiary/aromatic N) is 2. The van der Waals surface area contributed by atoms with Crippen molar-refractivity contribution in [3.8, 4) is 0 Å². The quantitative estimate of drug-likeness (QED) is 0.750. The van der Waals surface area contributed by atoms with Crippen molar-refractivity contribution >= 4 is 22.6 Å². The van der Waals surface area contributed by atoms with Gasteiger partial charge in [-0.3, -0.25) is 4.79 Å². The average Bonchev–Trinajstić information content (AvgIpc) is 2.48. The highest BCUT2D eigenvalue weighted by molar-refractivity contribution is 7.07. The second kappa shape index (κ2) is 2.92. The smallest absolute Gasteiger partial charge is 0.278 e. The fourth-order valence-corrected chi connectivity index (χ4v) is 1.98. The van der Waals surface area contributed by atoms with Crippen molar-refractivity contribution in [1.82, 2.24) is 14.3 Å². The first kappa shape index (κ1) is 8.37. The lowest BCUT2D eigenvalue weighted by atomic mass is 10.1. The van der Waals surface area contributed by atoms with Gasteiger partial charge in [0.15, 0.2) is 5.52 Å². The Kier molecular flexibility index (Phi) is 1.88. The van der Waals surface area contributed by atoms with Crippen molar-refractivity contribution in [2.75, 3.05) is 0 Å². The molecule has 0 aromatic carbocycles. The van der Waals surface area contributed by atoms with Gasteiger partial charge in [0.1, 0.15) is 5.52 Å². The number of fused-ring (bicyclic) bond motifs is 1. The van der Waals surface area contributed by atoms with Crippen LogP contribution in [0, 0.1) is 0 Å². The fourth-order valence-electron chi connectivity index (χ4n) is 1.17. The van der Waals surface area contributed by atoms with Crippen molar-refractivity contribution in [1.29, 1.82) is 0 Å². The second-order valence-electron chi connectivity index (χ2n) is 3.13. The van der Waals surface area contributed by atoms with Gasteiger partial charge in [-0.2, -0.15) is 4.37 Å². The first-order valence-corrected chi connectivity index (χ1v) is 4.80. The molecule has 2 heterocycles. The molecule has 1 N–H and O–H groups in total. The van der Waals surface area contributed by atoms with Gasteiger partial charge in [-0.25, -0.2) is 4.98 Å². The fraction of sp³-hybridized carbons (Fsp3) is 0.375. The Morgan fingerprint density at radius 1 is 1.46 bits per heavy atom. The molecule has 2 rings (SSSR count). The van der Waals surface area contributed by atoms with E-state index in [2.05, 4.69) is 28.2 Å². The van der Waals surface area contributed by atoms with Crippen molar-refractivity contribution in [3.05, 3.63) is 21.6 Å². The summed E-state index contributed by atoms with van der Waals surface area (Å²) in [6.07, 6.45) is 1.42. The Morgan fingerprint density at radius 3 is 2.92 bits per heavy atom. The molecule has 0 amide bonds. The maximum atomic E-state index is 11.3. The Labute approximate surface area is 78.8 Å². The first-order chi connectivity index (χ1) is 6.20. The van der Waals surface area contributed by atoms with Gasteiger partial charge in [-0.1, -0.05) is 13.8 Å². The van der Waals surface area contributed by atoms with E-state index in [0.717, 1.165) is 10.4 Å². The molecule has 0 unspecified atom stereocenters. The van der Waals surface area contributed by atoms with E-state index in [-0.39, 0.29) is 5.56 Å². The maximum Gasteiger partial charge on any atom is 0.278 e. The van der Waals surface area contributed by atoms with E-state index in [9.17, 15) is 4.79 Å². The normalized spacial score (nSPS) is 11.3. The zero-order valence-electron chi connectivity index (χ0n) is 7.37. The number of hydrogen-bond donors (Lipinski definition) is 1. The molecule has 2 aromatic heterocycles. The van der Waals surface area contributed by atoms with Gasteiger partial charge < -0.3 is 4.98 Å². The molecular formula is C8H9N3OS. The van der Waals surface area contributed by atoms with E-state index in [0.29, 0.717) is 11.4 Å². The van der Waals surface area contributed by atoms with Crippen LogP contribution in [0.1, 0.15) is 24.6 Å². The molecule has 4 nitrogen and oxygen atoms in total. The summed E-state index contributed by atoms with van der Waals surface area (Å²) in [6.45, 7) is 4.13. The van der Waals surface area contributed by atoms with Gasteiger partial charge >= 0.3 is 0 Å². The third kappa shape index (κ3) is 1.25. The van der Waals surface area contributed by atoms with Crippen molar-refractivity contribution in [3.63, 3.8) is 0 Å². The third-order valence-corrected chi connectivity index (χ3v) is 2.96. The van der Waals surface area contributed by atoms with Gasteiger partial charge in [0.05, 0.1) is 11.2 Å². The van der Waals surface area contributed by atoms with Crippen LogP contribution in [0.3, 0.4) is 0 Å². The average molecular weight is 195 g/mol. The van der Waals surface area contributed by atoms with Gasteiger partial charge in [0, 0.05) is 0 Å². The van der Waals surface area contributed by atoms with E-state index < -0.39 is 0 Å². The highest BCUT2D eigenvalue weighted by Gasteiger charge is 2.12. The number of aromatic amines is 1. The van der Waals surface area contributed by atoms with Crippen molar-refractivity contribution < 1.29 is 0 Å². The van der Waals surface area contributed by atoms with Crippen LogP contribution < -0.4 is 5.56 Å². The van der Waals surface area contributed by atoms with Gasteiger partial charge in [-0.15, -0.1) is 0 Å². The molecule has 0 aliphatic rings. The summed E-state index contributed by atoms with van der Waals surface area (Å²) >= 11 is 1.35. The predicted molar refractivity (Wildman–Crippen MR) is 52.1 cm³/mol. The maximum absolute atomic E-state index is 11.3. The highest BCUT2D eigenvalue weighted by atomic mass is 32.1. The lowest BCUT2D eigenvalue weighted by molar-refractivity contribution is 0.893. The summed E-state index contributed by atoms with van der Waals surface area (Å²) in [5.74, 6) is 0.365. The zero-order chi connectivity index (χ0) is 9.42. The van der Waals surface area contributed by atoms with E-state index in [1.54, 1.807) is 0 Å². The number of hydrogen-bond acceptors (Lipinski definition) is 4. The summed E-state index contributed by atoms with van der Waals surface area (Å²) < 4.78 is 4.07. The predicted octanol–water partition coefficient (Wildman–Crippen LogP) is 1.50. The lowest BCUT2D eigenvalue weighted by Gasteiger charge is -1.97. The summed E-state index contributed by atoms with van der Waals surface area (Å²) in [5, 5.41) is 0. The zero-order valence-corrected chi connectivity index (χ0v) is 8.18. The van der Waals surface area contributed by atoms with Gasteiger partial charge in [0.25, 0.3) is 5.56 Å². The van der Waals surface area contributed by atoms with E-state index >= 15 is 0 Å². The molecule has 5 heteroatoms. The van der Waals surface area contributed by atoms with Gasteiger partial charge in [0.2, 0.25) is 0 Å². The SMILES string of the molecule is CC(C)c1snc2c(=O)[nH]cnc12. The van der Waals surface area contributed by atoms with Crippen LogP contribution in [0.15, 0.2) is 11.1 Å². The Bertz CT molecular complexity index is 485. The molecule has 0 atom stereocenters. The molecule has 0 fully saturated rings. The van der Waals surface area contributed by atoms with Crippen LogP contribution in [0.4, 0.5) is 0 Å². The standard InChI is InChI=1S/C8H9N3OS/c1-4(2)7-5-6(11-13-7)8(12)10-3-9-5/h3-4H,1-2H3,(H,9,10,12). The van der Waals surface area contributed by atoms with Crippen LogP contribution in [-0.4, -0.2) is 14.3 Å². The number of aromatic nitrogens is 3. The minimum atomic E-state index is -0.159. The Balaban J connectivity index is 2.83. The van der Waals surface area contributed by atoms with Crippen LogP contribution in [0.25, 0.3) is 11.0 Å². The first-order valence-electron chi connectivity index (χ1n) is 4.03. The van der Waals surface area contributed by atoms with Gasteiger partial charge in [-0.05, 0) is 17.5 Å². The number of H-pyrrole nitrogens is 1. The van der Waals surface area contributed by atoms with E-state index in [1.807, 2.05) is 0 Å². The van der Waals surface area contributed by atoms with Crippen LogP contribution >= 0.6 is 11.5 Å². The molecule has 13 heavy (non-hydrogen) atoms. The topological polar surface area (TPSA) is 58.6 Å². The van der Waals surface area contributed by atoms with E-state index in [4.69, 9.17) is 0 Å². The summed E-state index contributed by atoms with van der Waals surface area (Å²) in [6, 6.07) is 0. The summed E-state index contributed by atoms with van der Waals surface area (Å²) in [7, 11) is 0. The summed E-state index contributed by atoms with van der Waals surface area (Å²) in [5.41, 5.74) is 1.04.